The van der Waals surface area contributed by atoms with Gasteiger partial charge in [0.2, 0.25) is 0 Å². The predicted octanol–water partition coefficient (Wildman–Crippen LogP) is 2.56. The fraction of sp³-hybridized carbons (Fsp3) is 0.240. The predicted molar refractivity (Wildman–Crippen MR) is 126 cm³/mol. The van der Waals surface area contributed by atoms with Crippen molar-refractivity contribution in [1.82, 2.24) is 4.57 Å². The minimum atomic E-state index is -0.253. The van der Waals surface area contributed by atoms with E-state index in [2.05, 4.69) is 0 Å². The first-order valence-corrected chi connectivity index (χ1v) is 11.0. The minimum absolute atomic E-state index is 0.0872. The molecular weight excluding hydrogens is 438 g/mol. The van der Waals surface area contributed by atoms with E-state index in [9.17, 15) is 15.3 Å². The Kier molecular flexibility index (Phi) is 8.43. The smallest absolute Gasteiger partial charge is 0.269 e. The molecule has 3 aromatic rings. The molecule has 0 spiro atoms. The van der Waals surface area contributed by atoms with Gasteiger partial charge in [-0.2, -0.15) is 10.5 Å². The number of thiazole rings is 1. The second kappa shape index (κ2) is 11.7. The van der Waals surface area contributed by atoms with Crippen LogP contribution in [0.2, 0.25) is 0 Å². The summed E-state index contributed by atoms with van der Waals surface area (Å²) in [5.74, 6) is 1.13. The van der Waals surface area contributed by atoms with E-state index in [1.807, 2.05) is 48.5 Å². The summed E-state index contributed by atoms with van der Waals surface area (Å²) < 4.78 is 18.7. The molecule has 0 saturated carbocycles. The van der Waals surface area contributed by atoms with Crippen LogP contribution in [0.15, 0.2) is 53.3 Å². The normalized spacial score (nSPS) is 11.0. The number of hydrogen-bond donors (Lipinski definition) is 0. The Labute approximate surface area is 195 Å². The highest BCUT2D eigenvalue weighted by atomic mass is 32.1. The van der Waals surface area contributed by atoms with Gasteiger partial charge in [0.25, 0.3) is 5.56 Å². The Morgan fingerprint density at radius 2 is 1.85 bits per heavy atom. The summed E-state index contributed by atoms with van der Waals surface area (Å²) in [7, 11) is 3.15. The maximum atomic E-state index is 13.1. The van der Waals surface area contributed by atoms with E-state index in [1.54, 1.807) is 32.4 Å². The number of ether oxygens (including phenoxy) is 3. The number of hydrogen-bond acceptors (Lipinski definition) is 7. The zero-order valence-corrected chi connectivity index (χ0v) is 19.2. The molecule has 8 heteroatoms. The first kappa shape index (κ1) is 23.8. The number of nitriles is 2. The van der Waals surface area contributed by atoms with Crippen LogP contribution >= 0.6 is 11.3 Å². The van der Waals surface area contributed by atoms with E-state index >= 15 is 0 Å². The zero-order chi connectivity index (χ0) is 23.6. The molecule has 0 fully saturated rings. The summed E-state index contributed by atoms with van der Waals surface area (Å²) in [6.45, 7) is 1.20. The summed E-state index contributed by atoms with van der Waals surface area (Å²) in [6, 6.07) is 18.9. The van der Waals surface area contributed by atoms with E-state index in [-0.39, 0.29) is 11.1 Å². The standard InChI is InChI=1S/C25H23N3O4S/c1-30-12-6-11-28-24(29)23(33-25(28)20(15-26)16-27)14-19-9-10-21(31-2)22(13-19)32-17-18-7-4-3-5-8-18/h3-5,7-10,13-14H,6,11-12,17H2,1-2H3/b23-14+. The Hall–Kier alpha value is -3.85. The lowest BCUT2D eigenvalue weighted by Crippen LogP contribution is -2.32. The molecule has 0 aliphatic heterocycles. The SMILES string of the molecule is COCCCn1c(=C(C#N)C#N)s/c(=C/c2ccc(OC)c(OCc3ccccc3)c2)c1=O. The van der Waals surface area contributed by atoms with Gasteiger partial charge in [-0.15, -0.1) is 11.3 Å². The summed E-state index contributed by atoms with van der Waals surface area (Å²) in [5, 5.41) is 18.7. The molecule has 168 valence electrons. The van der Waals surface area contributed by atoms with Crippen molar-refractivity contribution in [2.45, 2.75) is 19.6 Å². The van der Waals surface area contributed by atoms with Gasteiger partial charge in [0.15, 0.2) is 17.1 Å². The first-order valence-electron chi connectivity index (χ1n) is 10.2. The fourth-order valence-electron chi connectivity index (χ4n) is 3.18. The molecule has 3 rings (SSSR count). The summed E-state index contributed by atoms with van der Waals surface area (Å²) in [5.41, 5.74) is 1.42. The van der Waals surface area contributed by atoms with Crippen LogP contribution in [0, 0.1) is 22.7 Å². The van der Waals surface area contributed by atoms with Crippen molar-refractivity contribution >= 4 is 23.0 Å². The van der Waals surface area contributed by atoms with Crippen LogP contribution in [-0.4, -0.2) is 25.4 Å². The molecular formula is C25H23N3O4S. The third-order valence-electron chi connectivity index (χ3n) is 4.80. The monoisotopic (exact) mass is 461 g/mol. The van der Waals surface area contributed by atoms with E-state index in [0.717, 1.165) is 22.5 Å². The molecule has 2 aromatic carbocycles. The molecule has 33 heavy (non-hydrogen) atoms. The van der Waals surface area contributed by atoms with Crippen molar-refractivity contribution in [2.24, 2.45) is 0 Å². The summed E-state index contributed by atoms with van der Waals surface area (Å²) >= 11 is 1.12. The van der Waals surface area contributed by atoms with Crippen molar-refractivity contribution < 1.29 is 14.2 Å². The average Bonchev–Trinajstić information content (AvgIpc) is 3.14. The van der Waals surface area contributed by atoms with Crippen molar-refractivity contribution in [3.05, 3.63) is 79.2 Å². The van der Waals surface area contributed by atoms with Crippen molar-refractivity contribution in [3.63, 3.8) is 0 Å². The lowest BCUT2D eigenvalue weighted by atomic mass is 10.2. The van der Waals surface area contributed by atoms with Crippen LogP contribution in [0.4, 0.5) is 0 Å². The number of nitrogens with zero attached hydrogens (tertiary/aromatic N) is 3. The third-order valence-corrected chi connectivity index (χ3v) is 5.93. The van der Waals surface area contributed by atoms with Crippen LogP contribution in [0.1, 0.15) is 17.5 Å². The third kappa shape index (κ3) is 5.89. The van der Waals surface area contributed by atoms with Gasteiger partial charge in [0.05, 0.1) is 11.6 Å². The minimum Gasteiger partial charge on any atom is -0.493 e. The van der Waals surface area contributed by atoms with E-state index in [1.165, 1.54) is 4.57 Å². The van der Waals surface area contributed by atoms with Gasteiger partial charge >= 0.3 is 0 Å². The molecule has 1 aromatic heterocycles. The van der Waals surface area contributed by atoms with Gasteiger partial charge in [0, 0.05) is 20.3 Å². The lowest BCUT2D eigenvalue weighted by molar-refractivity contribution is 0.190. The lowest BCUT2D eigenvalue weighted by Gasteiger charge is -2.11. The molecule has 0 saturated heterocycles. The molecule has 7 nitrogen and oxygen atoms in total. The highest BCUT2D eigenvalue weighted by Crippen LogP contribution is 2.29. The molecule has 0 N–H and O–H groups in total. The molecule has 0 radical (unpaired) electrons. The second-order valence-electron chi connectivity index (χ2n) is 7.00. The topological polar surface area (TPSA) is 97.3 Å². The maximum absolute atomic E-state index is 13.1. The van der Waals surface area contributed by atoms with Gasteiger partial charge in [-0.1, -0.05) is 36.4 Å². The van der Waals surface area contributed by atoms with Crippen LogP contribution in [0.3, 0.4) is 0 Å². The fourth-order valence-corrected chi connectivity index (χ4v) is 4.26. The van der Waals surface area contributed by atoms with Gasteiger partial charge in [0.1, 0.15) is 23.4 Å². The summed E-state index contributed by atoms with van der Waals surface area (Å²) in [4.78, 5) is 13.1. The van der Waals surface area contributed by atoms with Crippen molar-refractivity contribution in [3.8, 4) is 23.6 Å². The van der Waals surface area contributed by atoms with Gasteiger partial charge < -0.3 is 14.2 Å². The highest BCUT2D eigenvalue weighted by molar-refractivity contribution is 7.07. The average molecular weight is 462 g/mol. The van der Waals surface area contributed by atoms with E-state index in [4.69, 9.17) is 14.2 Å². The largest absolute Gasteiger partial charge is 0.493 e. The molecule has 0 aliphatic carbocycles. The molecule has 0 unspecified atom stereocenters. The van der Waals surface area contributed by atoms with Crippen LogP contribution in [0.5, 0.6) is 11.5 Å². The number of aromatic nitrogens is 1. The van der Waals surface area contributed by atoms with Crippen LogP contribution in [0.25, 0.3) is 11.6 Å². The molecule has 0 aliphatic rings. The highest BCUT2D eigenvalue weighted by Gasteiger charge is 2.10. The number of benzene rings is 2. The van der Waals surface area contributed by atoms with Crippen LogP contribution < -0.4 is 24.2 Å². The van der Waals surface area contributed by atoms with Crippen molar-refractivity contribution in [2.75, 3.05) is 20.8 Å². The van der Waals surface area contributed by atoms with Gasteiger partial charge in [-0.05, 0) is 35.8 Å². The van der Waals surface area contributed by atoms with Crippen molar-refractivity contribution in [1.29, 1.82) is 10.5 Å². The maximum Gasteiger partial charge on any atom is 0.269 e. The van der Waals surface area contributed by atoms with E-state index < -0.39 is 0 Å². The second-order valence-corrected chi connectivity index (χ2v) is 8.03. The Balaban J connectivity index is 2.03. The summed E-state index contributed by atoms with van der Waals surface area (Å²) in [6.07, 6.45) is 2.31. The quantitative estimate of drug-likeness (QED) is 0.455. The molecule has 0 amide bonds. The Morgan fingerprint density at radius 1 is 1.09 bits per heavy atom. The molecule has 1 heterocycles. The van der Waals surface area contributed by atoms with Gasteiger partial charge in [-0.3, -0.25) is 9.36 Å². The number of rotatable bonds is 9. The number of methoxy groups -OCH3 is 2. The van der Waals surface area contributed by atoms with Gasteiger partial charge in [-0.25, -0.2) is 0 Å². The van der Waals surface area contributed by atoms with Crippen LogP contribution in [-0.2, 0) is 17.9 Å². The zero-order valence-electron chi connectivity index (χ0n) is 18.4. The Morgan fingerprint density at radius 3 is 2.52 bits per heavy atom. The van der Waals surface area contributed by atoms with E-state index in [0.29, 0.717) is 46.9 Å². The molecule has 0 bridgehead atoms. The molecule has 0 atom stereocenters. The Bertz CT molecular complexity index is 1350. The first-order chi connectivity index (χ1) is 16.1.